The van der Waals surface area contributed by atoms with Crippen LogP contribution in [0.1, 0.15) is 24.1 Å². The molecule has 4 rings (SSSR count). The summed E-state index contributed by atoms with van der Waals surface area (Å²) in [5.41, 5.74) is 4.81. The Hall–Kier alpha value is -1.74. The summed E-state index contributed by atoms with van der Waals surface area (Å²) in [6.45, 7) is 5.84. The monoisotopic (exact) mass is 476 g/mol. The van der Waals surface area contributed by atoms with Crippen molar-refractivity contribution in [2.24, 2.45) is 5.92 Å². The number of benzene rings is 1. The van der Waals surface area contributed by atoms with Crippen molar-refractivity contribution in [3.05, 3.63) is 50.2 Å². The van der Waals surface area contributed by atoms with E-state index < -0.39 is 0 Å². The molecule has 3 aromatic rings. The molecule has 2 aromatic heterocycles. The van der Waals surface area contributed by atoms with Crippen molar-refractivity contribution in [2.75, 3.05) is 18.0 Å². The topological polar surface area (TPSA) is 44.9 Å². The number of aryl methyl sites for hydroxylation is 2. The molecule has 1 aliphatic heterocycles. The van der Waals surface area contributed by atoms with Crippen LogP contribution in [0.5, 0.6) is 0 Å². The van der Waals surface area contributed by atoms with Crippen molar-refractivity contribution in [3.63, 3.8) is 0 Å². The van der Waals surface area contributed by atoms with Gasteiger partial charge in [-0.05, 0) is 50.5 Å². The maximum Gasteiger partial charge on any atom is 0.147 e. The Kier molecular flexibility index (Phi) is 5.30. The zero-order valence-corrected chi connectivity index (χ0v) is 18.7. The molecule has 0 amide bonds. The zero-order chi connectivity index (χ0) is 20.0. The molecule has 1 fully saturated rings. The number of anilines is 1. The average Bonchev–Trinajstić information content (AvgIpc) is 2.96. The minimum Gasteiger partial charge on any atom is -0.371 e. The first-order valence-electron chi connectivity index (χ1n) is 9.18. The number of nitrogens with zero attached hydrogens (tertiary/aromatic N) is 4. The van der Waals surface area contributed by atoms with Crippen LogP contribution in [0.4, 0.5) is 5.69 Å². The highest BCUT2D eigenvalue weighted by Crippen LogP contribution is 2.38. The first-order chi connectivity index (χ1) is 13.4. The van der Waals surface area contributed by atoms with Crippen molar-refractivity contribution in [1.82, 2.24) is 9.55 Å². The van der Waals surface area contributed by atoms with Gasteiger partial charge in [0.05, 0.1) is 21.8 Å². The highest BCUT2D eigenvalue weighted by Gasteiger charge is 2.24. The Labute approximate surface area is 182 Å². The molecule has 144 valence electrons. The number of hydrogen-bond donors (Lipinski definition) is 0. The van der Waals surface area contributed by atoms with Crippen molar-refractivity contribution < 1.29 is 0 Å². The molecule has 4 nitrogen and oxygen atoms in total. The lowest BCUT2D eigenvalue weighted by molar-refractivity contribution is 0.488. The quantitative estimate of drug-likeness (QED) is 0.425. The standard InChI is InChI=1S/C21H19BrCl2N4/c1-12-11-28(20-16(23)8-15(22)9-17(20)24)21-19(12)18(7-13(2)26-21)27-5-3-14(10-25)4-6-27/h7-9,11,14H,3-6H2,1-2H3. The highest BCUT2D eigenvalue weighted by molar-refractivity contribution is 9.10. The van der Waals surface area contributed by atoms with Gasteiger partial charge in [-0.1, -0.05) is 39.1 Å². The van der Waals surface area contributed by atoms with Gasteiger partial charge < -0.3 is 4.90 Å². The molecule has 0 aliphatic carbocycles. The Bertz CT molecular complexity index is 1080. The lowest BCUT2D eigenvalue weighted by Crippen LogP contribution is -2.33. The minimum absolute atomic E-state index is 0.153. The van der Waals surface area contributed by atoms with E-state index in [-0.39, 0.29) is 5.92 Å². The maximum atomic E-state index is 9.20. The van der Waals surface area contributed by atoms with Crippen LogP contribution >= 0.6 is 39.1 Å². The smallest absolute Gasteiger partial charge is 0.147 e. The molecule has 7 heteroatoms. The molecule has 3 heterocycles. The fraction of sp³-hybridized carbons (Fsp3) is 0.333. The fourth-order valence-corrected chi connectivity index (χ4v) is 5.34. The molecule has 0 saturated carbocycles. The first-order valence-corrected chi connectivity index (χ1v) is 10.7. The molecule has 0 spiro atoms. The molecule has 0 radical (unpaired) electrons. The third kappa shape index (κ3) is 3.39. The van der Waals surface area contributed by atoms with E-state index in [0.29, 0.717) is 10.0 Å². The zero-order valence-electron chi connectivity index (χ0n) is 15.6. The van der Waals surface area contributed by atoms with Crippen molar-refractivity contribution in [2.45, 2.75) is 26.7 Å². The Morgan fingerprint density at radius 2 is 1.79 bits per heavy atom. The van der Waals surface area contributed by atoms with Crippen LogP contribution in [-0.2, 0) is 0 Å². The van der Waals surface area contributed by atoms with Gasteiger partial charge in [-0.3, -0.25) is 4.57 Å². The molecule has 28 heavy (non-hydrogen) atoms. The molecule has 0 bridgehead atoms. The van der Waals surface area contributed by atoms with Gasteiger partial charge in [0.25, 0.3) is 0 Å². The second-order valence-electron chi connectivity index (χ2n) is 7.27. The Balaban J connectivity index is 1.89. The van der Waals surface area contributed by atoms with Gasteiger partial charge in [0.1, 0.15) is 5.65 Å². The Morgan fingerprint density at radius 3 is 2.39 bits per heavy atom. The summed E-state index contributed by atoms with van der Waals surface area (Å²) in [4.78, 5) is 7.19. The lowest BCUT2D eigenvalue weighted by Gasteiger charge is -2.32. The second kappa shape index (κ2) is 7.59. The first kappa shape index (κ1) is 19.6. The molecule has 0 N–H and O–H groups in total. The molecule has 1 aliphatic rings. The summed E-state index contributed by atoms with van der Waals surface area (Å²) in [5.74, 6) is 0.153. The average molecular weight is 478 g/mol. The number of hydrogen-bond acceptors (Lipinski definition) is 3. The molecule has 0 unspecified atom stereocenters. The van der Waals surface area contributed by atoms with Gasteiger partial charge in [0, 0.05) is 46.4 Å². The maximum absolute atomic E-state index is 9.20. The van der Waals surface area contributed by atoms with Crippen LogP contribution in [0, 0.1) is 31.1 Å². The van der Waals surface area contributed by atoms with E-state index in [9.17, 15) is 5.26 Å². The number of fused-ring (bicyclic) bond motifs is 1. The number of halogens is 3. The number of aromatic nitrogens is 2. The SMILES string of the molecule is Cc1cc(N2CCC(C#N)CC2)c2c(C)cn(-c3c(Cl)cc(Br)cc3Cl)c2n1. The van der Waals surface area contributed by atoms with Crippen LogP contribution in [0.25, 0.3) is 16.7 Å². The van der Waals surface area contributed by atoms with E-state index in [1.807, 2.05) is 29.8 Å². The van der Waals surface area contributed by atoms with E-state index in [2.05, 4.69) is 39.9 Å². The summed E-state index contributed by atoms with van der Waals surface area (Å²) in [6, 6.07) is 8.22. The number of piperidine rings is 1. The second-order valence-corrected chi connectivity index (χ2v) is 9.00. The van der Waals surface area contributed by atoms with Gasteiger partial charge in [0.2, 0.25) is 0 Å². The third-order valence-electron chi connectivity index (χ3n) is 5.29. The number of rotatable bonds is 2. The van der Waals surface area contributed by atoms with Crippen LogP contribution in [0.15, 0.2) is 28.9 Å². The van der Waals surface area contributed by atoms with Crippen molar-refractivity contribution >= 4 is 55.9 Å². The van der Waals surface area contributed by atoms with Crippen LogP contribution in [0.3, 0.4) is 0 Å². The molecule has 1 saturated heterocycles. The normalized spacial score (nSPS) is 15.2. The summed E-state index contributed by atoms with van der Waals surface area (Å²) in [6.07, 6.45) is 3.83. The molecular formula is C21H19BrCl2N4. The van der Waals surface area contributed by atoms with E-state index in [1.54, 1.807) is 0 Å². The van der Waals surface area contributed by atoms with E-state index in [1.165, 1.54) is 5.69 Å². The van der Waals surface area contributed by atoms with Crippen LogP contribution in [-0.4, -0.2) is 22.6 Å². The van der Waals surface area contributed by atoms with Crippen LogP contribution < -0.4 is 4.90 Å². The highest BCUT2D eigenvalue weighted by atomic mass is 79.9. The Morgan fingerprint density at radius 1 is 1.14 bits per heavy atom. The molecule has 0 atom stereocenters. The van der Waals surface area contributed by atoms with Crippen LogP contribution in [0.2, 0.25) is 10.0 Å². The minimum atomic E-state index is 0.153. The number of nitriles is 1. The third-order valence-corrected chi connectivity index (χ3v) is 6.33. The summed E-state index contributed by atoms with van der Waals surface area (Å²) in [7, 11) is 0. The molecule has 1 aromatic carbocycles. The van der Waals surface area contributed by atoms with Gasteiger partial charge in [-0.25, -0.2) is 4.98 Å². The van der Waals surface area contributed by atoms with Crippen molar-refractivity contribution in [1.29, 1.82) is 5.26 Å². The van der Waals surface area contributed by atoms with E-state index in [0.717, 1.165) is 58.4 Å². The predicted molar refractivity (Wildman–Crippen MR) is 119 cm³/mol. The van der Waals surface area contributed by atoms with Gasteiger partial charge in [-0.2, -0.15) is 5.26 Å². The van der Waals surface area contributed by atoms with E-state index in [4.69, 9.17) is 28.2 Å². The lowest BCUT2D eigenvalue weighted by atomic mass is 9.97. The summed E-state index contributed by atoms with van der Waals surface area (Å²) < 4.78 is 2.82. The largest absolute Gasteiger partial charge is 0.371 e. The van der Waals surface area contributed by atoms with E-state index >= 15 is 0 Å². The van der Waals surface area contributed by atoms with Gasteiger partial charge in [-0.15, -0.1) is 0 Å². The number of pyridine rings is 1. The predicted octanol–water partition coefficient (Wildman–Crippen LogP) is 6.45. The summed E-state index contributed by atoms with van der Waals surface area (Å²) >= 11 is 16.5. The van der Waals surface area contributed by atoms with Crippen molar-refractivity contribution in [3.8, 4) is 11.8 Å². The van der Waals surface area contributed by atoms with Gasteiger partial charge in [0.15, 0.2) is 0 Å². The fourth-order valence-electron chi connectivity index (χ4n) is 3.95. The van der Waals surface area contributed by atoms with Gasteiger partial charge >= 0.3 is 0 Å². The summed E-state index contributed by atoms with van der Waals surface area (Å²) in [5, 5.41) is 11.4. The molecular weight excluding hydrogens is 459 g/mol.